The smallest absolute Gasteiger partial charge is 0.507 e. The zero-order chi connectivity index (χ0) is 19.1. The fraction of sp³-hybridized carbons (Fsp3) is 0.222. The van der Waals surface area contributed by atoms with Gasteiger partial charge < -0.3 is 14.6 Å². The summed E-state index contributed by atoms with van der Waals surface area (Å²) in [4.78, 5) is 23.5. The first-order valence-corrected chi connectivity index (χ1v) is 7.59. The average molecular weight is 366 g/mol. The first kappa shape index (κ1) is 17.8. The molecule has 26 heavy (non-hydrogen) atoms. The highest BCUT2D eigenvalue weighted by Crippen LogP contribution is 2.45. The van der Waals surface area contributed by atoms with E-state index in [1.54, 1.807) is 0 Å². The van der Waals surface area contributed by atoms with Crippen molar-refractivity contribution in [2.45, 2.75) is 25.6 Å². The minimum Gasteiger partial charge on any atom is -0.507 e. The van der Waals surface area contributed by atoms with Crippen LogP contribution >= 0.6 is 0 Å². The van der Waals surface area contributed by atoms with Crippen molar-refractivity contribution in [1.82, 2.24) is 0 Å². The molecule has 1 aliphatic rings. The standard InChI is InChI=1S/C18H13F3O5/c1-9(22)12-6-7-14-16(17(12)24)13(8-15(23)25-14)10-2-4-11(5-3-10)26-18(19,20)21/h2-7,13,24H,8H2,1H3/t13-/m0/s1. The molecule has 0 unspecified atom stereocenters. The molecule has 0 saturated carbocycles. The predicted molar refractivity (Wildman–Crippen MR) is 83.3 cm³/mol. The van der Waals surface area contributed by atoms with Crippen LogP contribution in [-0.2, 0) is 4.79 Å². The monoisotopic (exact) mass is 366 g/mol. The fourth-order valence-electron chi connectivity index (χ4n) is 2.92. The van der Waals surface area contributed by atoms with Crippen LogP contribution in [0.3, 0.4) is 0 Å². The van der Waals surface area contributed by atoms with Crippen molar-refractivity contribution in [2.75, 3.05) is 0 Å². The lowest BCUT2D eigenvalue weighted by Crippen LogP contribution is -2.22. The van der Waals surface area contributed by atoms with E-state index in [-0.39, 0.29) is 34.8 Å². The van der Waals surface area contributed by atoms with E-state index >= 15 is 0 Å². The second-order valence-corrected chi connectivity index (χ2v) is 5.78. The number of ether oxygens (including phenoxy) is 2. The number of benzene rings is 2. The number of ketones is 1. The van der Waals surface area contributed by atoms with Crippen LogP contribution in [0.15, 0.2) is 36.4 Å². The normalized spacial score (nSPS) is 16.6. The van der Waals surface area contributed by atoms with E-state index in [0.29, 0.717) is 5.56 Å². The van der Waals surface area contributed by atoms with Crippen molar-refractivity contribution in [2.24, 2.45) is 0 Å². The maximum absolute atomic E-state index is 12.3. The van der Waals surface area contributed by atoms with Gasteiger partial charge in [-0.25, -0.2) is 0 Å². The number of hydrogen-bond donors (Lipinski definition) is 1. The van der Waals surface area contributed by atoms with E-state index in [2.05, 4.69) is 4.74 Å². The number of rotatable bonds is 3. The molecule has 8 heteroatoms. The van der Waals surface area contributed by atoms with Gasteiger partial charge >= 0.3 is 12.3 Å². The van der Waals surface area contributed by atoms with E-state index in [0.717, 1.165) is 12.1 Å². The molecule has 0 fully saturated rings. The van der Waals surface area contributed by atoms with Gasteiger partial charge in [0.25, 0.3) is 0 Å². The van der Waals surface area contributed by atoms with E-state index in [1.807, 2.05) is 0 Å². The number of hydrogen-bond acceptors (Lipinski definition) is 5. The highest BCUT2D eigenvalue weighted by molar-refractivity contribution is 5.98. The minimum absolute atomic E-state index is 0.0729. The maximum Gasteiger partial charge on any atom is 0.573 e. The molecular formula is C18H13F3O5. The molecule has 2 aromatic rings. The first-order chi connectivity index (χ1) is 12.2. The summed E-state index contributed by atoms with van der Waals surface area (Å²) < 4.78 is 45.7. The third-order valence-electron chi connectivity index (χ3n) is 4.02. The number of phenolic OH excluding ortho intramolecular Hbond substituents is 1. The number of carbonyl (C=O) groups is 2. The molecular weight excluding hydrogens is 353 g/mol. The Bertz CT molecular complexity index is 872. The van der Waals surface area contributed by atoms with Crippen LogP contribution in [0.4, 0.5) is 13.2 Å². The summed E-state index contributed by atoms with van der Waals surface area (Å²) in [5.74, 6) is -2.16. The third kappa shape index (κ3) is 3.49. The second-order valence-electron chi connectivity index (χ2n) is 5.78. The van der Waals surface area contributed by atoms with Crippen LogP contribution in [-0.4, -0.2) is 23.2 Å². The van der Waals surface area contributed by atoms with Gasteiger partial charge in [-0.3, -0.25) is 9.59 Å². The van der Waals surface area contributed by atoms with Crippen LogP contribution in [0, 0.1) is 0 Å². The topological polar surface area (TPSA) is 72.8 Å². The number of alkyl halides is 3. The van der Waals surface area contributed by atoms with Gasteiger partial charge in [-0.2, -0.15) is 0 Å². The number of phenols is 1. The van der Waals surface area contributed by atoms with E-state index in [1.165, 1.54) is 31.2 Å². The largest absolute Gasteiger partial charge is 0.573 e. The van der Waals surface area contributed by atoms with Gasteiger partial charge in [0.1, 0.15) is 17.2 Å². The summed E-state index contributed by atoms with van der Waals surface area (Å²) >= 11 is 0. The zero-order valence-corrected chi connectivity index (χ0v) is 13.5. The van der Waals surface area contributed by atoms with E-state index in [9.17, 15) is 27.9 Å². The number of fused-ring (bicyclic) bond motifs is 1. The van der Waals surface area contributed by atoms with Gasteiger partial charge in [-0.15, -0.1) is 13.2 Å². The Labute approximate surface area is 146 Å². The van der Waals surface area contributed by atoms with Crippen LogP contribution in [0.2, 0.25) is 0 Å². The fourth-order valence-corrected chi connectivity index (χ4v) is 2.92. The maximum atomic E-state index is 12.3. The Hall–Kier alpha value is -3.03. The third-order valence-corrected chi connectivity index (χ3v) is 4.02. The Kier molecular flexibility index (Phi) is 4.35. The van der Waals surface area contributed by atoms with Crippen molar-refractivity contribution in [1.29, 1.82) is 0 Å². The SMILES string of the molecule is CC(=O)c1ccc2c(c1O)[C@H](c1ccc(OC(F)(F)F)cc1)CC(=O)O2. The highest BCUT2D eigenvalue weighted by Gasteiger charge is 2.34. The molecule has 0 bridgehead atoms. The van der Waals surface area contributed by atoms with Crippen LogP contribution in [0.5, 0.6) is 17.2 Å². The summed E-state index contributed by atoms with van der Waals surface area (Å²) in [6.07, 6.45) is -4.93. The molecule has 0 spiro atoms. The molecule has 0 amide bonds. The quantitative estimate of drug-likeness (QED) is 0.506. The summed E-state index contributed by atoms with van der Waals surface area (Å²) in [5.41, 5.74) is 0.805. The molecule has 5 nitrogen and oxygen atoms in total. The summed E-state index contributed by atoms with van der Waals surface area (Å²) in [7, 11) is 0. The van der Waals surface area contributed by atoms with Crippen LogP contribution < -0.4 is 9.47 Å². The summed E-state index contributed by atoms with van der Waals surface area (Å²) in [6, 6.07) is 7.74. The average Bonchev–Trinajstić information content (AvgIpc) is 2.53. The van der Waals surface area contributed by atoms with Crippen molar-refractivity contribution in [3.8, 4) is 17.2 Å². The molecule has 0 aliphatic carbocycles. The molecule has 1 heterocycles. The molecule has 0 radical (unpaired) electrons. The highest BCUT2D eigenvalue weighted by atomic mass is 19.4. The lowest BCUT2D eigenvalue weighted by atomic mass is 9.84. The first-order valence-electron chi connectivity index (χ1n) is 7.59. The second kappa shape index (κ2) is 6.36. The molecule has 2 aromatic carbocycles. The molecule has 3 rings (SSSR count). The summed E-state index contributed by atoms with van der Waals surface area (Å²) in [5, 5.41) is 10.4. The van der Waals surface area contributed by atoms with Gasteiger partial charge in [0.05, 0.1) is 12.0 Å². The van der Waals surface area contributed by atoms with Crippen LogP contribution in [0.1, 0.15) is 40.7 Å². The van der Waals surface area contributed by atoms with Crippen molar-refractivity contribution in [3.63, 3.8) is 0 Å². The Morgan fingerprint density at radius 3 is 2.42 bits per heavy atom. The molecule has 1 aliphatic heterocycles. The predicted octanol–water partition coefficient (Wildman–Crippen LogP) is 3.93. The molecule has 136 valence electrons. The molecule has 1 atom stereocenters. The number of aromatic hydroxyl groups is 1. The van der Waals surface area contributed by atoms with Crippen LogP contribution in [0.25, 0.3) is 0 Å². The number of esters is 1. The number of carbonyl (C=O) groups excluding carboxylic acids is 2. The summed E-state index contributed by atoms with van der Waals surface area (Å²) in [6.45, 7) is 1.29. The molecule has 0 aromatic heterocycles. The van der Waals surface area contributed by atoms with Crippen molar-refractivity contribution in [3.05, 3.63) is 53.1 Å². The number of halogens is 3. The van der Waals surface area contributed by atoms with Gasteiger partial charge in [-0.1, -0.05) is 12.1 Å². The van der Waals surface area contributed by atoms with Crippen molar-refractivity contribution < 1.29 is 37.3 Å². The molecule has 0 saturated heterocycles. The van der Waals surface area contributed by atoms with Gasteiger partial charge in [0.2, 0.25) is 0 Å². The molecule has 1 N–H and O–H groups in total. The van der Waals surface area contributed by atoms with E-state index < -0.39 is 24.0 Å². The Morgan fingerprint density at radius 1 is 1.19 bits per heavy atom. The van der Waals surface area contributed by atoms with Gasteiger partial charge in [-0.05, 0) is 36.8 Å². The Balaban J connectivity index is 2.03. The van der Waals surface area contributed by atoms with Gasteiger partial charge in [0.15, 0.2) is 5.78 Å². The lowest BCUT2D eigenvalue weighted by molar-refractivity contribution is -0.274. The van der Waals surface area contributed by atoms with Gasteiger partial charge in [0, 0.05) is 11.5 Å². The van der Waals surface area contributed by atoms with E-state index in [4.69, 9.17) is 4.74 Å². The minimum atomic E-state index is -4.81. The number of Topliss-reactive ketones (excluding diaryl/α,β-unsaturated/α-hetero) is 1. The Morgan fingerprint density at radius 2 is 1.85 bits per heavy atom. The lowest BCUT2D eigenvalue weighted by Gasteiger charge is -2.26. The zero-order valence-electron chi connectivity index (χ0n) is 13.5. The van der Waals surface area contributed by atoms with Crippen molar-refractivity contribution >= 4 is 11.8 Å².